The van der Waals surface area contributed by atoms with Gasteiger partial charge in [0.25, 0.3) is 0 Å². The maximum absolute atomic E-state index is 10.2. The fourth-order valence-corrected chi connectivity index (χ4v) is 2.01. The largest absolute Gasteiger partial charge is 2.00 e. The molecular formula is C16H22Ca3N4O12. The first-order valence-corrected chi connectivity index (χ1v) is 8.88. The zero-order valence-electron chi connectivity index (χ0n) is 19.0. The summed E-state index contributed by atoms with van der Waals surface area (Å²) in [6.07, 6.45) is 0. The Morgan fingerprint density at radius 1 is 0.457 bits per heavy atom. The van der Waals surface area contributed by atoms with Crippen molar-refractivity contribution in [3.8, 4) is 0 Å². The van der Waals surface area contributed by atoms with E-state index >= 15 is 0 Å². The van der Waals surface area contributed by atoms with E-state index in [2.05, 4.69) is 10.6 Å². The summed E-state index contributed by atoms with van der Waals surface area (Å²) in [7, 11) is 0. The van der Waals surface area contributed by atoms with E-state index in [4.69, 9.17) is 0 Å². The fraction of sp³-hybridized carbons (Fsp3) is 0.625. The first-order chi connectivity index (χ1) is 14.8. The Balaban J connectivity index is -0.000000158. The molecule has 0 bridgehead atoms. The Hall–Kier alpha value is 0.439. The number of rotatable bonds is 18. The number of carbonyl (C=O) groups is 6. The number of nitrogens with zero attached hydrogens (tertiary/aromatic N) is 2. The van der Waals surface area contributed by atoms with E-state index in [0.717, 1.165) is 9.80 Å². The standard InChI is InChI=1S/2C8H14N2O6.3Ca/c2*11-6(12)3-9-1-2-10(4-7(13)14)5-8(15)16;;;/h2*9H,1-5H2,(H,11,12)(H,13,14)(H,15,16);;;/q;;3*+2/p-6. The van der Waals surface area contributed by atoms with Gasteiger partial charge < -0.3 is 70.0 Å². The van der Waals surface area contributed by atoms with E-state index in [1.54, 1.807) is 0 Å². The molecule has 0 atom stereocenters. The zero-order chi connectivity index (χ0) is 25.1. The summed E-state index contributed by atoms with van der Waals surface area (Å²) in [5, 5.41) is 65.8. The molecule has 0 saturated carbocycles. The number of aliphatic carboxylic acids is 6. The van der Waals surface area contributed by atoms with Crippen molar-refractivity contribution in [2.75, 3.05) is 65.4 Å². The summed E-state index contributed by atoms with van der Waals surface area (Å²) in [4.78, 5) is 63.1. The summed E-state index contributed by atoms with van der Waals surface area (Å²) in [6.45, 7) is -2.65. The molecule has 0 rings (SSSR count). The Bertz CT molecular complexity index is 571. The number of hydrogen-bond acceptors (Lipinski definition) is 16. The Kier molecular flexibility index (Phi) is 37.6. The quantitative estimate of drug-likeness (QED) is 0.112. The maximum atomic E-state index is 10.2. The first-order valence-electron chi connectivity index (χ1n) is 8.88. The van der Waals surface area contributed by atoms with Crippen molar-refractivity contribution in [2.45, 2.75) is 0 Å². The van der Waals surface area contributed by atoms with Crippen LogP contribution < -0.4 is 41.3 Å². The van der Waals surface area contributed by atoms with Gasteiger partial charge in [0.15, 0.2) is 0 Å². The Morgan fingerprint density at radius 2 is 0.686 bits per heavy atom. The Morgan fingerprint density at radius 3 is 0.857 bits per heavy atom. The van der Waals surface area contributed by atoms with E-state index in [9.17, 15) is 59.4 Å². The molecule has 0 fully saturated rings. The molecular weight excluding hydrogens is 560 g/mol. The van der Waals surface area contributed by atoms with Gasteiger partial charge in [0.05, 0.1) is 35.8 Å². The molecule has 16 nitrogen and oxygen atoms in total. The minimum Gasteiger partial charge on any atom is -0.549 e. The molecule has 0 spiro atoms. The van der Waals surface area contributed by atoms with Gasteiger partial charge in [0.1, 0.15) is 0 Å². The van der Waals surface area contributed by atoms with Gasteiger partial charge in [0.2, 0.25) is 0 Å². The molecule has 35 heavy (non-hydrogen) atoms. The van der Waals surface area contributed by atoms with Crippen molar-refractivity contribution in [1.82, 2.24) is 20.4 Å². The molecule has 0 heterocycles. The average Bonchev–Trinajstić information content (AvgIpc) is 2.60. The average molecular weight is 583 g/mol. The second kappa shape index (κ2) is 29.0. The van der Waals surface area contributed by atoms with E-state index < -0.39 is 62.0 Å². The molecule has 2 N–H and O–H groups in total. The van der Waals surface area contributed by atoms with Gasteiger partial charge in [-0.2, -0.15) is 0 Å². The predicted octanol–water partition coefficient (Wildman–Crippen LogP) is -12.9. The maximum Gasteiger partial charge on any atom is 2.00 e. The van der Waals surface area contributed by atoms with Crippen LogP contribution >= 0.6 is 0 Å². The molecule has 184 valence electrons. The number of carbonyl (C=O) groups excluding carboxylic acids is 6. The molecule has 0 unspecified atom stereocenters. The third kappa shape index (κ3) is 39.1. The van der Waals surface area contributed by atoms with Gasteiger partial charge >= 0.3 is 113 Å². The first kappa shape index (κ1) is 45.4. The number of nitrogens with one attached hydrogen (secondary N) is 2. The molecule has 0 saturated heterocycles. The van der Waals surface area contributed by atoms with Crippen molar-refractivity contribution in [3.05, 3.63) is 0 Å². The second-order valence-corrected chi connectivity index (χ2v) is 6.01. The van der Waals surface area contributed by atoms with Gasteiger partial charge in [0, 0.05) is 65.4 Å². The summed E-state index contributed by atoms with van der Waals surface area (Å²) in [5.74, 6) is -8.26. The molecule has 0 radical (unpaired) electrons. The number of carboxylic acid groups (broad SMARTS) is 6. The van der Waals surface area contributed by atoms with Crippen molar-refractivity contribution in [3.63, 3.8) is 0 Å². The normalized spacial score (nSPS) is 9.43. The summed E-state index contributed by atoms with van der Waals surface area (Å²) in [5.41, 5.74) is 0. The van der Waals surface area contributed by atoms with Crippen LogP contribution in [0.5, 0.6) is 0 Å². The molecule has 0 aromatic carbocycles. The molecule has 0 aliphatic rings. The van der Waals surface area contributed by atoms with Crippen molar-refractivity contribution in [1.29, 1.82) is 0 Å². The monoisotopic (exact) mass is 582 g/mol. The van der Waals surface area contributed by atoms with Crippen LogP contribution in [-0.4, -0.2) is 224 Å². The SMILES string of the molecule is O=C([O-])CNCCN(CC(=O)[O-])CC(=O)[O-].O=C([O-])CNCCN(CC(=O)[O-])CC(=O)[O-].[Ca+2].[Ca+2].[Ca+2]. The van der Waals surface area contributed by atoms with Crippen LogP contribution in [0, 0.1) is 0 Å². The molecule has 0 amide bonds. The van der Waals surface area contributed by atoms with E-state index in [0.29, 0.717) is 0 Å². The summed E-state index contributed by atoms with van der Waals surface area (Å²) >= 11 is 0. The van der Waals surface area contributed by atoms with Gasteiger partial charge in [-0.3, -0.25) is 9.80 Å². The van der Waals surface area contributed by atoms with Gasteiger partial charge in [-0.05, 0) is 0 Å². The van der Waals surface area contributed by atoms with Gasteiger partial charge in [-0.1, -0.05) is 0 Å². The summed E-state index contributed by atoms with van der Waals surface area (Å²) in [6, 6.07) is 0. The molecule has 0 aliphatic carbocycles. The molecule has 0 aromatic rings. The van der Waals surface area contributed by atoms with E-state index in [1.807, 2.05) is 0 Å². The van der Waals surface area contributed by atoms with Crippen LogP contribution in [0.15, 0.2) is 0 Å². The van der Waals surface area contributed by atoms with Crippen molar-refractivity contribution < 1.29 is 59.4 Å². The number of carboxylic acids is 6. The topological polar surface area (TPSA) is 271 Å². The fourth-order valence-electron chi connectivity index (χ4n) is 2.01. The van der Waals surface area contributed by atoms with Crippen molar-refractivity contribution in [2.24, 2.45) is 0 Å². The molecule has 0 aromatic heterocycles. The van der Waals surface area contributed by atoms with Crippen molar-refractivity contribution >= 4 is 149 Å². The van der Waals surface area contributed by atoms with Crippen LogP contribution in [0.4, 0.5) is 0 Å². The zero-order valence-corrected chi connectivity index (χ0v) is 25.6. The third-order valence-electron chi connectivity index (χ3n) is 3.16. The van der Waals surface area contributed by atoms with E-state index in [1.165, 1.54) is 0 Å². The Labute approximate surface area is 290 Å². The second-order valence-electron chi connectivity index (χ2n) is 6.01. The van der Waals surface area contributed by atoms with Crippen LogP contribution in [-0.2, 0) is 28.8 Å². The minimum atomic E-state index is -1.42. The van der Waals surface area contributed by atoms with E-state index in [-0.39, 0.29) is 152 Å². The molecule has 0 aliphatic heterocycles. The predicted molar refractivity (Wildman–Crippen MR) is 106 cm³/mol. The third-order valence-corrected chi connectivity index (χ3v) is 3.16. The molecule has 19 heteroatoms. The van der Waals surface area contributed by atoms with Gasteiger partial charge in [-0.25, -0.2) is 0 Å². The van der Waals surface area contributed by atoms with Gasteiger partial charge in [-0.15, -0.1) is 0 Å². The van der Waals surface area contributed by atoms with Crippen LogP contribution in [0.1, 0.15) is 0 Å². The number of hydrogen-bond donors (Lipinski definition) is 2. The minimum absolute atomic E-state index is 0. The van der Waals surface area contributed by atoms with Crippen LogP contribution in [0.25, 0.3) is 0 Å². The van der Waals surface area contributed by atoms with Crippen LogP contribution in [0.3, 0.4) is 0 Å². The smallest absolute Gasteiger partial charge is 0.549 e. The summed E-state index contributed by atoms with van der Waals surface area (Å²) < 4.78 is 0. The van der Waals surface area contributed by atoms with Crippen LogP contribution in [0.2, 0.25) is 0 Å².